The Morgan fingerprint density at radius 1 is 1.00 bits per heavy atom. The van der Waals surface area contributed by atoms with Gasteiger partial charge < -0.3 is 14.9 Å². The lowest BCUT2D eigenvalue weighted by atomic mass is 10.00. The normalized spacial score (nSPS) is 23.7. The van der Waals surface area contributed by atoms with Crippen LogP contribution in [0.4, 0.5) is 0 Å². The summed E-state index contributed by atoms with van der Waals surface area (Å²) in [6.45, 7) is 1.88. The molecule has 0 spiro atoms. The lowest BCUT2D eigenvalue weighted by Gasteiger charge is -2.25. The lowest BCUT2D eigenvalue weighted by molar-refractivity contribution is -0.134. The molecule has 4 rings (SSSR count). The van der Waals surface area contributed by atoms with Crippen LogP contribution in [0.5, 0.6) is 0 Å². The van der Waals surface area contributed by atoms with Crippen LogP contribution in [0.15, 0.2) is 54.6 Å². The van der Waals surface area contributed by atoms with Gasteiger partial charge in [-0.2, -0.15) is 0 Å². The van der Waals surface area contributed by atoms with Gasteiger partial charge in [0.1, 0.15) is 0 Å². The Morgan fingerprint density at radius 2 is 1.61 bits per heavy atom. The van der Waals surface area contributed by atoms with Crippen molar-refractivity contribution in [2.45, 2.75) is 18.2 Å². The van der Waals surface area contributed by atoms with Gasteiger partial charge in [-0.3, -0.25) is 9.59 Å². The molecule has 166 valence electrons. The number of fused-ring (bicyclic) bond motifs is 1. The molecule has 0 aromatic heterocycles. The van der Waals surface area contributed by atoms with Gasteiger partial charge in [-0.25, -0.2) is 8.42 Å². The van der Waals surface area contributed by atoms with Crippen molar-refractivity contribution in [1.29, 1.82) is 0 Å². The number of amides is 1. The second-order valence-electron chi connectivity index (χ2n) is 8.24. The second-order valence-corrected chi connectivity index (χ2v) is 10.5. The van der Waals surface area contributed by atoms with Crippen LogP contribution < -0.4 is 0 Å². The number of nitrogens with zero attached hydrogens (tertiary/aromatic N) is 2. The van der Waals surface area contributed by atoms with E-state index in [4.69, 9.17) is 9.90 Å². The van der Waals surface area contributed by atoms with Crippen LogP contribution >= 0.6 is 0 Å². The first kappa shape index (κ1) is 23.0. The van der Waals surface area contributed by atoms with E-state index in [0.29, 0.717) is 18.7 Å². The van der Waals surface area contributed by atoms with E-state index in [1.54, 1.807) is 11.0 Å². The van der Waals surface area contributed by atoms with Crippen molar-refractivity contribution in [3.05, 3.63) is 60.2 Å². The summed E-state index contributed by atoms with van der Waals surface area (Å²) in [6.07, 6.45) is 0. The van der Waals surface area contributed by atoms with Crippen LogP contribution in [0.2, 0.25) is 0 Å². The maximum Gasteiger partial charge on any atom is 0.300 e. The molecule has 2 heterocycles. The number of hydrogen-bond donors (Lipinski definition) is 1. The van der Waals surface area contributed by atoms with E-state index < -0.39 is 21.1 Å². The quantitative estimate of drug-likeness (QED) is 0.780. The number of carboxylic acid groups (broad SMARTS) is 1. The third-order valence-corrected chi connectivity index (χ3v) is 8.06. The van der Waals surface area contributed by atoms with Gasteiger partial charge in [-0.05, 0) is 37.4 Å². The molecular formula is C23H28N2O5S. The molecule has 7 nitrogen and oxygen atoms in total. The van der Waals surface area contributed by atoms with Crippen molar-refractivity contribution in [3.8, 4) is 11.1 Å². The Labute approximate surface area is 183 Å². The van der Waals surface area contributed by atoms with Crippen LogP contribution in [0.1, 0.15) is 17.3 Å². The molecule has 2 fully saturated rings. The summed E-state index contributed by atoms with van der Waals surface area (Å²) < 4.78 is 25.1. The molecule has 0 aliphatic carbocycles. The van der Waals surface area contributed by atoms with Gasteiger partial charge >= 0.3 is 0 Å². The average molecular weight is 445 g/mol. The van der Waals surface area contributed by atoms with E-state index in [1.165, 1.54) is 0 Å². The number of carbonyl (C=O) groups is 2. The molecule has 3 atom stereocenters. The van der Waals surface area contributed by atoms with E-state index in [0.717, 1.165) is 18.1 Å². The smallest absolute Gasteiger partial charge is 0.300 e. The third kappa shape index (κ3) is 5.14. The van der Waals surface area contributed by atoms with Gasteiger partial charge in [0.25, 0.3) is 11.9 Å². The minimum atomic E-state index is -3.15. The molecule has 31 heavy (non-hydrogen) atoms. The van der Waals surface area contributed by atoms with Crippen molar-refractivity contribution in [2.24, 2.45) is 5.92 Å². The average Bonchev–Trinajstić information content (AvgIpc) is 3.27. The first-order valence-corrected chi connectivity index (χ1v) is 11.8. The summed E-state index contributed by atoms with van der Waals surface area (Å²) in [5.74, 6) is -0.734. The first-order valence-electron chi connectivity index (χ1n) is 10.1. The highest BCUT2D eigenvalue weighted by atomic mass is 32.2. The van der Waals surface area contributed by atoms with Crippen molar-refractivity contribution in [3.63, 3.8) is 0 Å². The van der Waals surface area contributed by atoms with Crippen molar-refractivity contribution >= 4 is 21.7 Å². The van der Waals surface area contributed by atoms with Crippen molar-refractivity contribution < 1.29 is 23.1 Å². The number of aliphatic carboxylic acids is 1. The summed E-state index contributed by atoms with van der Waals surface area (Å²) in [5, 5.41) is 6.98. The number of likely N-dealkylation sites (tertiary alicyclic amines) is 1. The highest BCUT2D eigenvalue weighted by molar-refractivity contribution is 7.92. The van der Waals surface area contributed by atoms with Crippen LogP contribution in [0, 0.1) is 5.92 Å². The molecule has 2 aliphatic heterocycles. The zero-order valence-electron chi connectivity index (χ0n) is 17.9. The van der Waals surface area contributed by atoms with Crippen LogP contribution in [-0.2, 0) is 14.6 Å². The number of carboxylic acids is 1. The summed E-state index contributed by atoms with van der Waals surface area (Å²) in [6, 6.07) is 17.5. The molecule has 1 amide bonds. The van der Waals surface area contributed by atoms with E-state index in [2.05, 4.69) is 0 Å². The van der Waals surface area contributed by atoms with E-state index in [-0.39, 0.29) is 23.6 Å². The topological polar surface area (TPSA) is 95.0 Å². The summed E-state index contributed by atoms with van der Waals surface area (Å²) in [7, 11) is 0.673. The highest BCUT2D eigenvalue weighted by Crippen LogP contribution is 2.36. The zero-order valence-corrected chi connectivity index (χ0v) is 18.7. The minimum Gasteiger partial charge on any atom is -0.481 e. The van der Waals surface area contributed by atoms with Crippen LogP contribution in [0.25, 0.3) is 11.1 Å². The molecule has 0 radical (unpaired) electrons. The zero-order chi connectivity index (χ0) is 22.8. The van der Waals surface area contributed by atoms with Gasteiger partial charge in [-0.15, -0.1) is 0 Å². The molecule has 2 aromatic rings. The number of rotatable bonds is 3. The molecule has 0 unspecified atom stereocenters. The predicted molar refractivity (Wildman–Crippen MR) is 120 cm³/mol. The molecule has 0 bridgehead atoms. The number of benzene rings is 2. The van der Waals surface area contributed by atoms with Crippen molar-refractivity contribution in [1.82, 2.24) is 9.80 Å². The van der Waals surface area contributed by atoms with Gasteiger partial charge in [-0.1, -0.05) is 42.5 Å². The fourth-order valence-corrected chi connectivity index (χ4v) is 6.85. The maximum atomic E-state index is 13.1. The summed E-state index contributed by atoms with van der Waals surface area (Å²) >= 11 is 0. The largest absolute Gasteiger partial charge is 0.481 e. The third-order valence-electron chi connectivity index (χ3n) is 5.83. The fourth-order valence-electron chi connectivity index (χ4n) is 4.38. The van der Waals surface area contributed by atoms with E-state index in [1.807, 2.05) is 67.5 Å². The highest BCUT2D eigenvalue weighted by Gasteiger charge is 2.53. The number of sulfone groups is 1. The minimum absolute atomic E-state index is 0.00810. The first-order chi connectivity index (χ1) is 14.6. The van der Waals surface area contributed by atoms with Crippen molar-refractivity contribution in [2.75, 3.05) is 32.9 Å². The Kier molecular flexibility index (Phi) is 6.81. The Balaban J connectivity index is 0.000000628. The van der Waals surface area contributed by atoms with Gasteiger partial charge in [0.05, 0.1) is 11.0 Å². The molecule has 2 saturated heterocycles. The summed E-state index contributed by atoms with van der Waals surface area (Å²) in [5.41, 5.74) is 2.65. The van der Waals surface area contributed by atoms with Gasteiger partial charge in [0, 0.05) is 37.5 Å². The molecular weight excluding hydrogens is 416 g/mol. The maximum absolute atomic E-state index is 13.1. The second kappa shape index (κ2) is 9.20. The van der Waals surface area contributed by atoms with Gasteiger partial charge in [0.2, 0.25) is 0 Å². The lowest BCUT2D eigenvalue weighted by Crippen LogP contribution is -2.38. The van der Waals surface area contributed by atoms with E-state index in [9.17, 15) is 13.2 Å². The Hall–Kier alpha value is -2.71. The molecule has 2 aliphatic rings. The molecule has 1 N–H and O–H groups in total. The molecule has 8 heteroatoms. The van der Waals surface area contributed by atoms with Gasteiger partial charge in [0.15, 0.2) is 9.84 Å². The van der Waals surface area contributed by atoms with Crippen LogP contribution in [-0.4, -0.2) is 79.4 Å². The molecule has 0 saturated carbocycles. The Morgan fingerprint density at radius 3 is 2.23 bits per heavy atom. The number of carbonyl (C=O) groups excluding carboxylic acids is 1. The predicted octanol–water partition coefficient (Wildman–Crippen LogP) is 2.24. The van der Waals surface area contributed by atoms with E-state index >= 15 is 0 Å². The molecule has 2 aromatic carbocycles. The standard InChI is InChI=1S/C21H24N2O3S.C2H4O2/c1-22(2)19-14-27(25,26)20-13-23(12-18(19)20)21(24)17-10-6-9-16(11-17)15-7-4-3-5-8-15;1-2(3)4/h3-11,18-20H,12-14H2,1-2H3;1H3,(H,3,4)/t18-,19+,20-;/m0./s1. The number of hydrogen-bond acceptors (Lipinski definition) is 5. The monoisotopic (exact) mass is 444 g/mol. The van der Waals surface area contributed by atoms with Crippen LogP contribution in [0.3, 0.4) is 0 Å². The fraction of sp³-hybridized carbons (Fsp3) is 0.391. The SMILES string of the molecule is CC(=O)O.CN(C)[C@@H]1CS(=O)(=O)[C@H]2CN(C(=O)c3cccc(-c4ccccc4)c3)C[C@@H]12. The Bertz CT molecular complexity index is 1050. The summed E-state index contributed by atoms with van der Waals surface area (Å²) in [4.78, 5) is 25.8.